The number of amides is 1. The summed E-state index contributed by atoms with van der Waals surface area (Å²) in [6.07, 6.45) is -0.645. The van der Waals surface area contributed by atoms with Gasteiger partial charge in [-0.2, -0.15) is 0 Å². The number of likely N-dealkylation sites (N-methyl/N-ethyl adjacent to an activating group) is 1. The van der Waals surface area contributed by atoms with Gasteiger partial charge in [0.1, 0.15) is 6.10 Å². The van der Waals surface area contributed by atoms with Crippen molar-refractivity contribution in [3.8, 4) is 0 Å². The van der Waals surface area contributed by atoms with Gasteiger partial charge in [0, 0.05) is 66.6 Å². The van der Waals surface area contributed by atoms with Crippen LogP contribution in [0.15, 0.2) is 45.0 Å². The minimum Gasteiger partial charge on any atom is -0.492 e. The highest BCUT2D eigenvalue weighted by Crippen LogP contribution is 2.47. The average Bonchev–Trinajstić information content (AvgIpc) is 2.93. The van der Waals surface area contributed by atoms with E-state index in [-0.39, 0.29) is 76.0 Å². The summed E-state index contributed by atoms with van der Waals surface area (Å²) in [7, 11) is 5.98. The van der Waals surface area contributed by atoms with Gasteiger partial charge in [0.25, 0.3) is 5.91 Å². The summed E-state index contributed by atoms with van der Waals surface area (Å²) in [6.45, 7) is 4.37. The van der Waals surface area contributed by atoms with Crippen LogP contribution in [-0.4, -0.2) is 116 Å². The number of nitrogens with zero attached hydrogens (tertiary/aromatic N) is 2. The van der Waals surface area contributed by atoms with Gasteiger partial charge < -0.3 is 19.5 Å². The van der Waals surface area contributed by atoms with E-state index in [2.05, 4.69) is 5.32 Å². The Kier molecular flexibility index (Phi) is 7.21. The number of rotatable bonds is 6. The third-order valence-corrected chi connectivity index (χ3v) is 9.06. The molecule has 3 heterocycles. The van der Waals surface area contributed by atoms with Crippen LogP contribution in [0.4, 0.5) is 0 Å². The first-order valence-corrected chi connectivity index (χ1v) is 13.4. The maximum absolute atomic E-state index is 13.9. The van der Waals surface area contributed by atoms with Gasteiger partial charge in [0.05, 0.1) is 32.3 Å². The lowest BCUT2D eigenvalue weighted by Crippen LogP contribution is -2.74. The normalized spacial score (nSPS) is 30.4. The van der Waals surface area contributed by atoms with Crippen LogP contribution in [0.1, 0.15) is 27.2 Å². The lowest BCUT2D eigenvalue weighted by atomic mass is 9.68. The van der Waals surface area contributed by atoms with Gasteiger partial charge >= 0.3 is 0 Å². The van der Waals surface area contributed by atoms with E-state index in [0.29, 0.717) is 0 Å². The van der Waals surface area contributed by atoms with Gasteiger partial charge in [-0.15, -0.1) is 0 Å². The minimum absolute atomic E-state index is 0.0407. The third-order valence-electron chi connectivity index (χ3n) is 9.06. The Labute approximate surface area is 237 Å². The smallest absolute Gasteiger partial charge is 0.287 e. The van der Waals surface area contributed by atoms with Crippen molar-refractivity contribution in [2.75, 3.05) is 41.5 Å². The number of Topliss-reactive ketones (excluding diaryl/α,β-unsaturated/α-hetero) is 5. The number of nitrogens with one attached hydrogen (secondary N) is 1. The first kappa shape index (κ1) is 28.8. The number of methoxy groups -OCH3 is 3. The van der Waals surface area contributed by atoms with E-state index in [1.807, 2.05) is 16.8 Å². The Morgan fingerprint density at radius 2 is 1.44 bits per heavy atom. The number of allylic oxidation sites excluding steroid dienone is 4. The van der Waals surface area contributed by atoms with Crippen molar-refractivity contribution in [1.29, 1.82) is 0 Å². The Hall–Kier alpha value is -3.74. The predicted octanol–water partition coefficient (Wildman–Crippen LogP) is -0.417. The SMILES string of the molecule is COC1=C(C)C(=O)C2=C(C1=O)C1[C@@H]3CC4=C(C(=O)C(OC)=C(C)C4=O)[C@H](CNC(=O)C(C)=O)N3C[C@H]([C@H]2OC)N1C. The van der Waals surface area contributed by atoms with Crippen LogP contribution >= 0.6 is 0 Å². The summed E-state index contributed by atoms with van der Waals surface area (Å²) >= 11 is 0. The molecular weight excluding hydrogens is 534 g/mol. The van der Waals surface area contributed by atoms with Crippen molar-refractivity contribution in [2.24, 2.45) is 0 Å². The Morgan fingerprint density at radius 3 is 2.00 bits per heavy atom. The molecule has 1 amide bonds. The number of ether oxygens (including phenoxy) is 3. The molecule has 2 bridgehead atoms. The maximum atomic E-state index is 13.9. The zero-order chi connectivity index (χ0) is 30.1. The molecule has 0 aromatic carbocycles. The molecule has 12 nitrogen and oxygen atoms in total. The van der Waals surface area contributed by atoms with Crippen LogP contribution in [0.2, 0.25) is 0 Å². The lowest BCUT2D eigenvalue weighted by Gasteiger charge is -2.59. The second-order valence-corrected chi connectivity index (χ2v) is 10.9. The monoisotopic (exact) mass is 567 g/mol. The molecule has 218 valence electrons. The minimum atomic E-state index is -0.824. The Bertz CT molecular complexity index is 1450. The molecule has 12 heteroatoms. The molecule has 0 radical (unpaired) electrons. The molecule has 0 aromatic heterocycles. The molecule has 1 saturated heterocycles. The molecule has 1 unspecified atom stereocenters. The number of carbonyl (C=O) groups excluding carboxylic acids is 6. The van der Waals surface area contributed by atoms with Crippen LogP contribution in [-0.2, 0) is 43.0 Å². The molecule has 0 spiro atoms. The van der Waals surface area contributed by atoms with Crippen LogP contribution in [0, 0.1) is 0 Å². The number of carbonyl (C=O) groups is 6. The highest BCUT2D eigenvalue weighted by atomic mass is 16.5. The van der Waals surface area contributed by atoms with E-state index in [9.17, 15) is 28.8 Å². The number of hydrogen-bond acceptors (Lipinski definition) is 11. The highest BCUT2D eigenvalue weighted by Gasteiger charge is 2.59. The first-order chi connectivity index (χ1) is 19.4. The van der Waals surface area contributed by atoms with Gasteiger partial charge in [-0.05, 0) is 27.3 Å². The number of hydrogen-bond donors (Lipinski definition) is 1. The predicted molar refractivity (Wildman–Crippen MR) is 142 cm³/mol. The average molecular weight is 568 g/mol. The fourth-order valence-electron chi connectivity index (χ4n) is 7.15. The quantitative estimate of drug-likeness (QED) is 0.330. The third kappa shape index (κ3) is 3.99. The zero-order valence-electron chi connectivity index (χ0n) is 24.1. The van der Waals surface area contributed by atoms with Crippen LogP contribution in [0.3, 0.4) is 0 Å². The van der Waals surface area contributed by atoms with Crippen molar-refractivity contribution >= 4 is 34.8 Å². The van der Waals surface area contributed by atoms with Gasteiger partial charge in [-0.25, -0.2) is 0 Å². The fraction of sp³-hybridized carbons (Fsp3) is 0.517. The summed E-state index contributed by atoms with van der Waals surface area (Å²) in [5, 5.41) is 2.60. The molecule has 1 N–H and O–H groups in total. The van der Waals surface area contributed by atoms with E-state index in [0.717, 1.165) is 6.92 Å². The van der Waals surface area contributed by atoms with Gasteiger partial charge in [-0.1, -0.05) is 0 Å². The van der Waals surface area contributed by atoms with E-state index in [4.69, 9.17) is 14.2 Å². The summed E-state index contributed by atoms with van der Waals surface area (Å²) in [4.78, 5) is 82.9. The van der Waals surface area contributed by atoms with Gasteiger partial charge in [0.2, 0.25) is 17.3 Å². The topological polar surface area (TPSA) is 149 Å². The number of piperazine rings is 1. The highest BCUT2D eigenvalue weighted by molar-refractivity contribution is 6.35. The van der Waals surface area contributed by atoms with Crippen molar-refractivity contribution in [3.63, 3.8) is 0 Å². The van der Waals surface area contributed by atoms with Crippen LogP contribution in [0.5, 0.6) is 0 Å². The van der Waals surface area contributed by atoms with Crippen molar-refractivity contribution in [3.05, 3.63) is 45.0 Å². The largest absolute Gasteiger partial charge is 0.492 e. The molecule has 0 saturated carbocycles. The molecule has 3 aliphatic heterocycles. The van der Waals surface area contributed by atoms with E-state index in [1.165, 1.54) is 28.3 Å². The van der Waals surface area contributed by atoms with Crippen molar-refractivity contribution in [2.45, 2.75) is 57.5 Å². The Morgan fingerprint density at radius 1 is 0.854 bits per heavy atom. The van der Waals surface area contributed by atoms with Crippen molar-refractivity contribution in [1.82, 2.24) is 15.1 Å². The Balaban J connectivity index is 1.69. The van der Waals surface area contributed by atoms with E-state index < -0.39 is 53.5 Å². The lowest BCUT2D eigenvalue weighted by molar-refractivity contribution is -0.137. The molecule has 41 heavy (non-hydrogen) atoms. The first-order valence-electron chi connectivity index (χ1n) is 13.4. The molecular formula is C29H33N3O9. The number of ketones is 5. The van der Waals surface area contributed by atoms with E-state index in [1.54, 1.807) is 6.92 Å². The summed E-state index contributed by atoms with van der Waals surface area (Å²) in [5.74, 6) is -3.20. The molecule has 2 aliphatic carbocycles. The van der Waals surface area contributed by atoms with Gasteiger partial charge in [-0.3, -0.25) is 38.6 Å². The van der Waals surface area contributed by atoms with Gasteiger partial charge in [0.15, 0.2) is 23.1 Å². The van der Waals surface area contributed by atoms with Crippen molar-refractivity contribution < 1.29 is 43.0 Å². The fourth-order valence-corrected chi connectivity index (χ4v) is 7.15. The number of fused-ring (bicyclic) bond motifs is 5. The molecule has 5 atom stereocenters. The van der Waals surface area contributed by atoms with Crippen LogP contribution in [0.25, 0.3) is 0 Å². The second kappa shape index (κ2) is 10.3. The summed E-state index contributed by atoms with van der Waals surface area (Å²) in [6, 6.07) is -2.40. The zero-order valence-corrected chi connectivity index (χ0v) is 24.1. The molecule has 5 rings (SSSR count). The molecule has 0 aromatic rings. The van der Waals surface area contributed by atoms with Crippen LogP contribution < -0.4 is 5.32 Å². The van der Waals surface area contributed by atoms with E-state index >= 15 is 0 Å². The molecule has 5 aliphatic rings. The summed E-state index contributed by atoms with van der Waals surface area (Å²) in [5.41, 5.74) is 1.37. The summed E-state index contributed by atoms with van der Waals surface area (Å²) < 4.78 is 16.5. The molecule has 1 fully saturated rings. The second-order valence-electron chi connectivity index (χ2n) is 10.9. The standard InChI is InChI=1S/C29H33N3O9/c1-11-22(34)14-8-15-21-19-20(23(35)12(2)27(40-6)25(19)37)28(41-7)17(31(21)4)10-32(15)16(9-30-29(38)13(3)33)18(14)24(36)26(11)39-5/h15-17,21,28H,8-10H2,1-7H3,(H,30,38)/t15-,16-,17+,21?,28+/m0/s1. The maximum Gasteiger partial charge on any atom is 0.287 e.